The molecule has 0 aliphatic carbocycles. The summed E-state index contributed by atoms with van der Waals surface area (Å²) in [6, 6.07) is 29.2. The Balaban J connectivity index is 1.46. The van der Waals surface area contributed by atoms with Crippen LogP contribution in [0.15, 0.2) is 108 Å². The van der Waals surface area contributed by atoms with Crippen LogP contribution in [-0.2, 0) is 16.0 Å². The molecule has 4 aromatic carbocycles. The highest BCUT2D eigenvalue weighted by Crippen LogP contribution is 2.28. The van der Waals surface area contributed by atoms with Crippen molar-refractivity contribution in [2.75, 3.05) is 17.7 Å². The lowest BCUT2D eigenvalue weighted by Gasteiger charge is -2.16. The van der Waals surface area contributed by atoms with Crippen LogP contribution in [0.1, 0.15) is 40.9 Å². The highest BCUT2D eigenvalue weighted by atomic mass is 32.2. The van der Waals surface area contributed by atoms with Gasteiger partial charge in [0.05, 0.1) is 12.4 Å². The lowest BCUT2D eigenvalue weighted by Crippen LogP contribution is -2.30. The minimum Gasteiger partial charge on any atom is -0.496 e. The van der Waals surface area contributed by atoms with Crippen LogP contribution < -0.4 is 20.7 Å². The molecule has 1 atom stereocenters. The third kappa shape index (κ3) is 8.36. The van der Waals surface area contributed by atoms with Crippen molar-refractivity contribution in [2.45, 2.75) is 37.3 Å². The van der Waals surface area contributed by atoms with Gasteiger partial charge in [-0.15, -0.1) is 11.8 Å². The van der Waals surface area contributed by atoms with Crippen LogP contribution in [0.2, 0.25) is 0 Å². The topological polar surface area (TPSA) is 96.5 Å². The number of hydrogen-bond donors (Lipinski definition) is 3. The van der Waals surface area contributed by atoms with Gasteiger partial charge in [-0.2, -0.15) is 0 Å². The maximum Gasteiger partial charge on any atom is 0.272 e. The summed E-state index contributed by atoms with van der Waals surface area (Å²) in [6.07, 6.45) is 2.41. The van der Waals surface area contributed by atoms with Gasteiger partial charge in [0.15, 0.2) is 0 Å². The fourth-order valence-corrected chi connectivity index (χ4v) is 5.25. The third-order valence-electron chi connectivity index (χ3n) is 6.75. The number of benzene rings is 4. The Kier molecular flexibility index (Phi) is 10.8. The van der Waals surface area contributed by atoms with E-state index in [1.54, 1.807) is 61.7 Å². The van der Waals surface area contributed by atoms with E-state index in [9.17, 15) is 14.4 Å². The zero-order chi connectivity index (χ0) is 30.8. The lowest BCUT2D eigenvalue weighted by atomic mass is 10.1. The predicted molar refractivity (Wildman–Crippen MR) is 174 cm³/mol. The fourth-order valence-electron chi connectivity index (χ4n) is 4.38. The minimum absolute atomic E-state index is 0.0600. The van der Waals surface area contributed by atoms with E-state index in [1.165, 1.54) is 11.8 Å². The van der Waals surface area contributed by atoms with E-state index in [2.05, 4.69) is 22.9 Å². The molecule has 220 valence electrons. The first-order chi connectivity index (χ1) is 20.8. The molecule has 0 spiro atoms. The Labute approximate surface area is 256 Å². The van der Waals surface area contributed by atoms with Gasteiger partial charge < -0.3 is 20.7 Å². The molecular formula is C35H35N3O4S. The molecule has 0 aliphatic heterocycles. The van der Waals surface area contributed by atoms with Crippen LogP contribution in [0.3, 0.4) is 0 Å². The summed E-state index contributed by atoms with van der Waals surface area (Å²) in [5, 5.41) is 8.35. The van der Waals surface area contributed by atoms with Gasteiger partial charge in [-0.25, -0.2) is 0 Å². The van der Waals surface area contributed by atoms with E-state index in [1.807, 2.05) is 62.4 Å². The lowest BCUT2D eigenvalue weighted by molar-refractivity contribution is -0.115. The highest BCUT2D eigenvalue weighted by Gasteiger charge is 2.18. The number of rotatable bonds is 11. The number of carbonyl (C=O) groups excluding carboxylic acids is 3. The van der Waals surface area contributed by atoms with Crippen LogP contribution in [0.4, 0.5) is 11.4 Å². The molecule has 43 heavy (non-hydrogen) atoms. The van der Waals surface area contributed by atoms with Crippen molar-refractivity contribution >= 4 is 46.9 Å². The molecule has 3 N–H and O–H groups in total. The largest absolute Gasteiger partial charge is 0.496 e. The number of hydrogen-bond acceptors (Lipinski definition) is 5. The van der Waals surface area contributed by atoms with Crippen molar-refractivity contribution in [1.82, 2.24) is 5.32 Å². The first-order valence-corrected chi connectivity index (χ1v) is 14.9. The quantitative estimate of drug-likeness (QED) is 0.127. The average molecular weight is 594 g/mol. The second-order valence-corrected chi connectivity index (χ2v) is 11.2. The van der Waals surface area contributed by atoms with Crippen molar-refractivity contribution in [3.05, 3.63) is 125 Å². The summed E-state index contributed by atoms with van der Waals surface area (Å²) in [4.78, 5) is 40.2. The number of para-hydroxylation sites is 2. The summed E-state index contributed by atoms with van der Waals surface area (Å²) < 4.78 is 5.43. The monoisotopic (exact) mass is 593 g/mol. The maximum absolute atomic E-state index is 13.4. The molecule has 0 radical (unpaired) electrons. The normalized spacial score (nSPS) is 11.8. The molecule has 0 bridgehead atoms. The smallest absolute Gasteiger partial charge is 0.272 e. The molecule has 4 rings (SSSR count). The molecule has 0 aliphatic rings. The van der Waals surface area contributed by atoms with Gasteiger partial charge >= 0.3 is 0 Å². The van der Waals surface area contributed by atoms with E-state index in [-0.39, 0.29) is 16.9 Å². The van der Waals surface area contributed by atoms with Gasteiger partial charge in [0, 0.05) is 27.4 Å². The van der Waals surface area contributed by atoms with Crippen LogP contribution in [0.25, 0.3) is 6.08 Å². The van der Waals surface area contributed by atoms with Crippen LogP contribution in [0, 0.1) is 6.92 Å². The third-order valence-corrected chi connectivity index (χ3v) is 7.86. The van der Waals surface area contributed by atoms with Gasteiger partial charge in [0.2, 0.25) is 5.91 Å². The number of ether oxygens (including phenoxy) is 1. The molecule has 0 heterocycles. The Hall–Kier alpha value is -4.82. The van der Waals surface area contributed by atoms with E-state index in [0.29, 0.717) is 22.6 Å². The van der Waals surface area contributed by atoms with E-state index < -0.39 is 11.8 Å². The van der Waals surface area contributed by atoms with Crippen molar-refractivity contribution in [1.29, 1.82) is 0 Å². The van der Waals surface area contributed by atoms with E-state index in [4.69, 9.17) is 4.74 Å². The summed E-state index contributed by atoms with van der Waals surface area (Å²) in [7, 11) is 1.55. The highest BCUT2D eigenvalue weighted by molar-refractivity contribution is 8.00. The van der Waals surface area contributed by atoms with E-state index >= 15 is 0 Å². The Morgan fingerprint density at radius 2 is 1.56 bits per heavy atom. The summed E-state index contributed by atoms with van der Waals surface area (Å²) in [5.74, 6) is -0.415. The van der Waals surface area contributed by atoms with Gasteiger partial charge in [0.25, 0.3) is 11.8 Å². The number of aryl methyl sites for hydroxylation is 2. The number of nitrogens with one attached hydrogen (secondary N) is 3. The van der Waals surface area contributed by atoms with Crippen molar-refractivity contribution in [2.24, 2.45) is 0 Å². The van der Waals surface area contributed by atoms with Crippen molar-refractivity contribution < 1.29 is 19.1 Å². The molecule has 0 fully saturated rings. The van der Waals surface area contributed by atoms with Gasteiger partial charge in [-0.3, -0.25) is 14.4 Å². The molecule has 8 heteroatoms. The summed E-state index contributed by atoms with van der Waals surface area (Å²) in [6.45, 7) is 5.92. The number of amides is 3. The van der Waals surface area contributed by atoms with Crippen LogP contribution in [-0.4, -0.2) is 30.1 Å². The molecule has 4 aromatic rings. The fraction of sp³-hybridized carbons (Fsp3) is 0.171. The zero-order valence-electron chi connectivity index (χ0n) is 24.6. The average Bonchev–Trinajstić information content (AvgIpc) is 3.03. The standard InChI is InChI=1S/C35H35N3O4S/c1-5-25-16-11-12-23(2)32(25)38-33(39)24(3)43-29-20-18-28(19-21-29)36-35(41)30(22-27-15-9-10-17-31(27)42-4)37-34(40)26-13-7-6-8-14-26/h6-22,24H,5H2,1-4H3,(H,36,41)(H,37,40)(H,38,39)/b30-22-. The second-order valence-electron chi connectivity index (χ2n) is 9.81. The predicted octanol–water partition coefficient (Wildman–Crippen LogP) is 7.09. The van der Waals surface area contributed by atoms with E-state index in [0.717, 1.165) is 28.1 Å². The summed E-state index contributed by atoms with van der Waals surface area (Å²) in [5.41, 5.74) is 4.67. The zero-order valence-corrected chi connectivity index (χ0v) is 25.5. The van der Waals surface area contributed by atoms with Crippen molar-refractivity contribution in [3.8, 4) is 5.75 Å². The molecule has 0 aromatic heterocycles. The number of carbonyl (C=O) groups is 3. The SMILES string of the molecule is CCc1cccc(C)c1NC(=O)C(C)Sc1ccc(NC(=O)/C(=C/c2ccccc2OC)NC(=O)c2ccccc2)cc1. The van der Waals surface area contributed by atoms with Crippen LogP contribution >= 0.6 is 11.8 Å². The first-order valence-electron chi connectivity index (χ1n) is 14.0. The van der Waals surface area contributed by atoms with Gasteiger partial charge in [0.1, 0.15) is 11.4 Å². The van der Waals surface area contributed by atoms with Crippen molar-refractivity contribution in [3.63, 3.8) is 0 Å². The number of methoxy groups -OCH3 is 1. The minimum atomic E-state index is -0.492. The maximum atomic E-state index is 13.4. The second kappa shape index (κ2) is 14.9. The number of anilines is 2. The molecule has 0 saturated heterocycles. The molecule has 1 unspecified atom stereocenters. The Morgan fingerprint density at radius 1 is 0.860 bits per heavy atom. The molecule has 3 amide bonds. The molecule has 0 saturated carbocycles. The Morgan fingerprint density at radius 3 is 2.26 bits per heavy atom. The summed E-state index contributed by atoms with van der Waals surface area (Å²) >= 11 is 1.43. The molecular weight excluding hydrogens is 558 g/mol. The van der Waals surface area contributed by atoms with Crippen LogP contribution in [0.5, 0.6) is 5.75 Å². The van der Waals surface area contributed by atoms with Gasteiger partial charge in [-0.1, -0.05) is 61.5 Å². The molecule has 7 nitrogen and oxygen atoms in total. The Bertz CT molecular complexity index is 1620. The first kappa shape index (κ1) is 31.1. The number of thioether (sulfide) groups is 1. The van der Waals surface area contributed by atoms with Gasteiger partial charge in [-0.05, 0) is 79.9 Å².